The highest BCUT2D eigenvalue weighted by Gasteiger charge is 2.57. The Morgan fingerprint density at radius 2 is 1.62 bits per heavy atom. The molecule has 2 unspecified atom stereocenters. The van der Waals surface area contributed by atoms with Crippen LogP contribution in [0.15, 0.2) is 88.7 Å². The van der Waals surface area contributed by atoms with E-state index in [-0.39, 0.29) is 12.2 Å². The first-order valence-corrected chi connectivity index (χ1v) is 14.3. The average Bonchev–Trinajstić information content (AvgIpc) is 3.40. The summed E-state index contributed by atoms with van der Waals surface area (Å²) in [7, 11) is 0. The summed E-state index contributed by atoms with van der Waals surface area (Å²) >= 11 is 1.74. The van der Waals surface area contributed by atoms with Gasteiger partial charge in [-0.3, -0.25) is 23.7 Å². The minimum absolute atomic E-state index is 0.226. The van der Waals surface area contributed by atoms with Crippen molar-refractivity contribution in [1.82, 2.24) is 4.57 Å². The number of thioether (sulfide) groups is 1. The maximum atomic E-state index is 13.8. The molecule has 13 heteroatoms. The molecule has 1 fully saturated rings. The molecule has 0 radical (unpaired) electrons. The van der Waals surface area contributed by atoms with E-state index in [9.17, 15) is 36.7 Å². The van der Waals surface area contributed by atoms with E-state index in [4.69, 9.17) is 0 Å². The lowest BCUT2D eigenvalue weighted by Gasteiger charge is -2.30. The number of alkyl halides is 3. The van der Waals surface area contributed by atoms with Gasteiger partial charge in [-0.15, -0.1) is 0 Å². The highest BCUT2D eigenvalue weighted by Crippen LogP contribution is 2.54. The van der Waals surface area contributed by atoms with Crippen LogP contribution >= 0.6 is 23.1 Å². The normalized spacial score (nSPS) is 19.9. The number of aromatic nitrogens is 1. The molecule has 0 aliphatic carbocycles. The number of halogens is 4. The molecule has 214 valence electrons. The van der Waals surface area contributed by atoms with Gasteiger partial charge in [-0.2, -0.15) is 13.2 Å². The lowest BCUT2D eigenvalue weighted by Crippen LogP contribution is -2.33. The second kappa shape index (κ2) is 10.6. The molecular weight excluding hydrogens is 594 g/mol. The first-order chi connectivity index (χ1) is 20.0. The third-order valence-electron chi connectivity index (χ3n) is 7.07. The molecule has 4 aromatic rings. The maximum Gasteiger partial charge on any atom is 0.416 e. The van der Waals surface area contributed by atoms with Gasteiger partial charge in [0.25, 0.3) is 0 Å². The number of nitrogens with one attached hydrogen (secondary N) is 1. The summed E-state index contributed by atoms with van der Waals surface area (Å²) < 4.78 is 55.4. The Kier molecular flexibility index (Phi) is 7.01. The minimum Gasteiger partial charge on any atom is -0.325 e. The van der Waals surface area contributed by atoms with Gasteiger partial charge in [0.2, 0.25) is 17.7 Å². The minimum atomic E-state index is -4.69. The van der Waals surface area contributed by atoms with Crippen molar-refractivity contribution in [3.63, 3.8) is 0 Å². The summed E-state index contributed by atoms with van der Waals surface area (Å²) in [5, 5.41) is 1.90. The van der Waals surface area contributed by atoms with Crippen molar-refractivity contribution in [2.45, 2.75) is 28.9 Å². The fourth-order valence-electron chi connectivity index (χ4n) is 5.23. The second-order valence-electron chi connectivity index (χ2n) is 9.69. The van der Waals surface area contributed by atoms with E-state index in [0.717, 1.165) is 46.2 Å². The van der Waals surface area contributed by atoms with Crippen molar-refractivity contribution >= 4 is 52.2 Å². The second-order valence-corrected chi connectivity index (χ2v) is 11.8. The van der Waals surface area contributed by atoms with Gasteiger partial charge >= 0.3 is 11.0 Å². The average molecular weight is 614 g/mol. The summed E-state index contributed by atoms with van der Waals surface area (Å²) in [6.45, 7) is -0.375. The molecule has 3 amide bonds. The van der Waals surface area contributed by atoms with Crippen LogP contribution in [0.5, 0.6) is 0 Å². The van der Waals surface area contributed by atoms with Crippen LogP contribution in [0, 0.1) is 11.7 Å². The Morgan fingerprint density at radius 1 is 0.905 bits per heavy atom. The molecule has 2 aliphatic heterocycles. The van der Waals surface area contributed by atoms with Gasteiger partial charge in [0.15, 0.2) is 0 Å². The number of thiazole rings is 1. The van der Waals surface area contributed by atoms with Crippen molar-refractivity contribution in [3.8, 4) is 0 Å². The number of anilines is 2. The van der Waals surface area contributed by atoms with Crippen molar-refractivity contribution in [2.75, 3.05) is 10.2 Å². The van der Waals surface area contributed by atoms with Crippen LogP contribution < -0.4 is 15.1 Å². The van der Waals surface area contributed by atoms with Gasteiger partial charge in [-0.05, 0) is 48.0 Å². The molecule has 3 atom stereocenters. The Morgan fingerprint density at radius 3 is 2.31 bits per heavy atom. The quantitative estimate of drug-likeness (QED) is 0.237. The third-order valence-corrected chi connectivity index (χ3v) is 9.67. The van der Waals surface area contributed by atoms with Crippen LogP contribution in [0.4, 0.5) is 28.9 Å². The van der Waals surface area contributed by atoms with Crippen LogP contribution in [-0.4, -0.2) is 27.5 Å². The van der Waals surface area contributed by atoms with Crippen LogP contribution in [0.1, 0.15) is 21.9 Å². The first-order valence-electron chi connectivity index (χ1n) is 12.6. The number of nitrogens with zero attached hydrogens (tertiary/aromatic N) is 2. The van der Waals surface area contributed by atoms with Gasteiger partial charge in [-0.1, -0.05) is 59.5 Å². The summed E-state index contributed by atoms with van der Waals surface area (Å²) in [5.41, 5.74) is -0.279. The molecule has 0 bridgehead atoms. The van der Waals surface area contributed by atoms with Gasteiger partial charge < -0.3 is 5.32 Å². The lowest BCUT2D eigenvalue weighted by atomic mass is 9.83. The van der Waals surface area contributed by atoms with E-state index in [1.807, 2.05) is 0 Å². The summed E-state index contributed by atoms with van der Waals surface area (Å²) in [4.78, 5) is 54.3. The summed E-state index contributed by atoms with van der Waals surface area (Å²) in [6.07, 6.45) is -4.69. The van der Waals surface area contributed by atoms with Crippen LogP contribution in [0.25, 0.3) is 0 Å². The smallest absolute Gasteiger partial charge is 0.325 e. The number of fused-ring (bicyclic) bond motifs is 2. The molecule has 1 N–H and O–H groups in total. The SMILES string of the molecule is O=C(Cn1c2c(sc1=O)[C@H](c1ccc(F)cc1)C1C(=O)N(c3cccc(C(F)(F)F)c3)C(=O)C1S2)Nc1ccccc1. The first kappa shape index (κ1) is 27.9. The third kappa shape index (κ3) is 4.92. The number of rotatable bonds is 5. The Bertz CT molecular complexity index is 1770. The number of amides is 3. The zero-order valence-corrected chi connectivity index (χ0v) is 22.9. The number of hydrogen-bond donors (Lipinski definition) is 1. The topological polar surface area (TPSA) is 88.5 Å². The van der Waals surface area contributed by atoms with Crippen LogP contribution in [-0.2, 0) is 27.1 Å². The fraction of sp³-hybridized carbons (Fsp3) is 0.172. The van der Waals surface area contributed by atoms with E-state index in [2.05, 4.69) is 5.32 Å². The van der Waals surface area contributed by atoms with Crippen molar-refractivity contribution in [3.05, 3.63) is 110 Å². The number of carbonyl (C=O) groups excluding carboxylic acids is 3. The highest BCUT2D eigenvalue weighted by molar-refractivity contribution is 8.00. The molecule has 6 rings (SSSR count). The molecule has 1 aromatic heterocycles. The van der Waals surface area contributed by atoms with Crippen molar-refractivity contribution < 1.29 is 31.9 Å². The van der Waals surface area contributed by atoms with E-state index >= 15 is 0 Å². The number of imide groups is 1. The van der Waals surface area contributed by atoms with E-state index in [1.165, 1.54) is 34.9 Å². The monoisotopic (exact) mass is 613 g/mol. The van der Waals surface area contributed by atoms with Gasteiger partial charge in [-0.25, -0.2) is 9.29 Å². The molecule has 3 aromatic carbocycles. The predicted octanol–water partition coefficient (Wildman–Crippen LogP) is 5.50. The molecule has 42 heavy (non-hydrogen) atoms. The lowest BCUT2D eigenvalue weighted by molar-refractivity contribution is -0.137. The highest BCUT2D eigenvalue weighted by atomic mass is 32.2. The predicted molar refractivity (Wildman–Crippen MR) is 149 cm³/mol. The van der Waals surface area contributed by atoms with Gasteiger partial charge in [0, 0.05) is 16.5 Å². The number of hydrogen-bond acceptors (Lipinski definition) is 6. The molecule has 3 heterocycles. The van der Waals surface area contributed by atoms with E-state index in [1.54, 1.807) is 30.3 Å². The molecule has 0 spiro atoms. The Hall–Kier alpha value is -4.23. The number of benzene rings is 3. The van der Waals surface area contributed by atoms with Gasteiger partial charge in [0.1, 0.15) is 17.6 Å². The Balaban J connectivity index is 1.42. The molecule has 1 saturated heterocycles. The molecule has 0 saturated carbocycles. The summed E-state index contributed by atoms with van der Waals surface area (Å²) in [5.74, 6) is -4.47. The van der Waals surface area contributed by atoms with Crippen LogP contribution in [0.2, 0.25) is 0 Å². The maximum absolute atomic E-state index is 13.8. The van der Waals surface area contributed by atoms with E-state index in [0.29, 0.717) is 21.2 Å². The standard InChI is InChI=1S/C29H19F4N3O4S2/c30-17-11-9-15(10-12-17)21-22-23(26(39)36(25(22)38)19-8-4-5-16(13-19)29(31,32)33)41-27-24(21)42-28(40)35(27)14-20(37)34-18-6-2-1-3-7-18/h1-13,21-23H,14H2,(H,34,37)/t21-,22?,23?/m1/s1. The molecule has 2 aliphatic rings. The molecule has 7 nitrogen and oxygen atoms in total. The van der Waals surface area contributed by atoms with Crippen molar-refractivity contribution in [2.24, 2.45) is 5.92 Å². The zero-order valence-electron chi connectivity index (χ0n) is 21.3. The number of para-hydroxylation sites is 1. The van der Waals surface area contributed by atoms with Gasteiger partial charge in [0.05, 0.1) is 22.2 Å². The largest absolute Gasteiger partial charge is 0.416 e. The Labute approximate surface area is 243 Å². The van der Waals surface area contributed by atoms with Crippen molar-refractivity contribution in [1.29, 1.82) is 0 Å². The van der Waals surface area contributed by atoms with Crippen LogP contribution in [0.3, 0.4) is 0 Å². The van der Waals surface area contributed by atoms with E-state index < -0.39 is 57.2 Å². The zero-order chi connectivity index (χ0) is 29.8. The fourth-order valence-corrected chi connectivity index (χ4v) is 8.00. The summed E-state index contributed by atoms with van der Waals surface area (Å²) in [6, 6.07) is 17.8. The number of carbonyl (C=O) groups is 3. The molecular formula is C29H19F4N3O4S2.